The number of likely N-dealkylation sites (N-methyl/N-ethyl adjacent to an activating group) is 1. The summed E-state index contributed by atoms with van der Waals surface area (Å²) in [5.41, 5.74) is 7.82. The van der Waals surface area contributed by atoms with Gasteiger partial charge in [0.25, 0.3) is 5.91 Å². The van der Waals surface area contributed by atoms with E-state index in [2.05, 4.69) is 43.7 Å². The summed E-state index contributed by atoms with van der Waals surface area (Å²) >= 11 is 0. The Bertz CT molecular complexity index is 1930. The standard InChI is InChI=1S/C31H31N9O/c1-4-23-30-24(9-6-10-25(30)40(36-23)18-22-8-5-7-20(2)34-22)35-31(41)27-17-32-28-15-21(11-12-38(27)28)26-16-33-29-19-37(3)13-14-39(26)29/h5-12,15-17H,4,13-14,18-19H2,1-3H3,(H,35,41). The fourth-order valence-corrected chi connectivity index (χ4v) is 5.73. The van der Waals surface area contributed by atoms with Gasteiger partial charge in [-0.05, 0) is 56.8 Å². The third-order valence-corrected chi connectivity index (χ3v) is 7.79. The molecular weight excluding hydrogens is 514 g/mol. The van der Waals surface area contributed by atoms with Gasteiger partial charge in [0, 0.05) is 35.9 Å². The Kier molecular flexibility index (Phi) is 6.12. The monoisotopic (exact) mass is 545 g/mol. The number of aromatic nitrogens is 7. The van der Waals surface area contributed by atoms with E-state index in [0.29, 0.717) is 17.9 Å². The summed E-state index contributed by atoms with van der Waals surface area (Å²) in [7, 11) is 2.11. The quantitative estimate of drug-likeness (QED) is 0.330. The molecule has 1 aliphatic rings. The number of aryl methyl sites for hydroxylation is 2. The Morgan fingerprint density at radius 3 is 2.78 bits per heavy atom. The van der Waals surface area contributed by atoms with Crippen molar-refractivity contribution >= 4 is 28.1 Å². The zero-order chi connectivity index (χ0) is 28.1. The van der Waals surface area contributed by atoms with Crippen LogP contribution in [0.15, 0.2) is 67.1 Å². The molecule has 0 spiro atoms. The zero-order valence-electron chi connectivity index (χ0n) is 23.4. The number of amides is 1. The van der Waals surface area contributed by atoms with Crippen molar-refractivity contribution < 1.29 is 4.79 Å². The van der Waals surface area contributed by atoms with Gasteiger partial charge in [0.05, 0.1) is 53.8 Å². The lowest BCUT2D eigenvalue weighted by Crippen LogP contribution is -2.30. The van der Waals surface area contributed by atoms with Crippen LogP contribution in [0.1, 0.15) is 40.3 Å². The zero-order valence-corrected chi connectivity index (χ0v) is 23.4. The van der Waals surface area contributed by atoms with Crippen LogP contribution >= 0.6 is 0 Å². The number of rotatable bonds is 6. The van der Waals surface area contributed by atoms with Crippen molar-refractivity contribution in [2.45, 2.75) is 39.9 Å². The Morgan fingerprint density at radius 1 is 1.05 bits per heavy atom. The van der Waals surface area contributed by atoms with Crippen LogP contribution in [0.3, 0.4) is 0 Å². The highest BCUT2D eigenvalue weighted by atomic mass is 16.2. The van der Waals surface area contributed by atoms with E-state index < -0.39 is 0 Å². The molecule has 0 aliphatic carbocycles. The largest absolute Gasteiger partial charge is 0.326 e. The second kappa shape index (κ2) is 9.97. The fourth-order valence-electron chi connectivity index (χ4n) is 5.73. The van der Waals surface area contributed by atoms with Gasteiger partial charge < -0.3 is 9.88 Å². The number of hydrogen-bond donors (Lipinski definition) is 1. The van der Waals surface area contributed by atoms with E-state index in [9.17, 15) is 4.79 Å². The topological polar surface area (TPSA) is 98.2 Å². The summed E-state index contributed by atoms with van der Waals surface area (Å²) in [5, 5.41) is 8.97. The SMILES string of the molecule is CCc1nn(Cc2cccc(C)n2)c2cccc(NC(=O)c3cnc4cc(-c5cnc6n5CCN(C)C6)ccn34)c12. The normalized spacial score (nSPS) is 13.6. The van der Waals surface area contributed by atoms with Gasteiger partial charge in [-0.2, -0.15) is 5.10 Å². The molecule has 6 heterocycles. The van der Waals surface area contributed by atoms with Gasteiger partial charge >= 0.3 is 0 Å². The highest BCUT2D eigenvalue weighted by Crippen LogP contribution is 2.29. The highest BCUT2D eigenvalue weighted by Gasteiger charge is 2.21. The lowest BCUT2D eigenvalue weighted by atomic mass is 10.1. The van der Waals surface area contributed by atoms with Gasteiger partial charge in [0.2, 0.25) is 0 Å². The number of hydrogen-bond acceptors (Lipinski definition) is 6. The van der Waals surface area contributed by atoms with Crippen molar-refractivity contribution in [1.82, 2.24) is 38.6 Å². The summed E-state index contributed by atoms with van der Waals surface area (Å²) in [6, 6.07) is 16.0. The van der Waals surface area contributed by atoms with E-state index >= 15 is 0 Å². The molecular formula is C31H31N9O. The maximum absolute atomic E-state index is 13.6. The molecule has 0 fully saturated rings. The minimum absolute atomic E-state index is 0.224. The average molecular weight is 546 g/mol. The van der Waals surface area contributed by atoms with Gasteiger partial charge in [0.1, 0.15) is 17.2 Å². The maximum Gasteiger partial charge on any atom is 0.274 e. The Labute approximate surface area is 237 Å². The van der Waals surface area contributed by atoms with Gasteiger partial charge in [-0.3, -0.25) is 23.8 Å². The second-order valence-corrected chi connectivity index (χ2v) is 10.6. The van der Waals surface area contributed by atoms with Crippen molar-refractivity contribution in [1.29, 1.82) is 0 Å². The van der Waals surface area contributed by atoms with Crippen LogP contribution < -0.4 is 5.32 Å². The Hall–Kier alpha value is -4.83. The molecule has 0 saturated carbocycles. The molecule has 10 nitrogen and oxygen atoms in total. The van der Waals surface area contributed by atoms with Crippen molar-refractivity contribution in [2.24, 2.45) is 0 Å². The first kappa shape index (κ1) is 25.2. The molecule has 10 heteroatoms. The molecule has 5 aromatic heterocycles. The molecule has 7 rings (SSSR count). The van der Waals surface area contributed by atoms with E-state index in [1.807, 2.05) is 76.9 Å². The van der Waals surface area contributed by atoms with Crippen LogP contribution in [0.5, 0.6) is 0 Å². The first-order valence-corrected chi connectivity index (χ1v) is 13.9. The molecule has 0 saturated heterocycles. The molecule has 206 valence electrons. The van der Waals surface area contributed by atoms with E-state index in [1.54, 1.807) is 6.20 Å². The summed E-state index contributed by atoms with van der Waals surface area (Å²) in [4.78, 5) is 29.7. The van der Waals surface area contributed by atoms with E-state index in [1.165, 1.54) is 0 Å². The third kappa shape index (κ3) is 4.46. The number of imidazole rings is 2. The minimum atomic E-state index is -0.224. The fraction of sp³-hybridized carbons (Fsp3) is 0.258. The van der Waals surface area contributed by atoms with Crippen LogP contribution in [0.2, 0.25) is 0 Å². The molecule has 0 unspecified atom stereocenters. The minimum Gasteiger partial charge on any atom is -0.326 e. The molecule has 0 atom stereocenters. The number of nitrogens with zero attached hydrogens (tertiary/aromatic N) is 8. The third-order valence-electron chi connectivity index (χ3n) is 7.79. The lowest BCUT2D eigenvalue weighted by Gasteiger charge is -2.24. The Balaban J connectivity index is 1.19. The molecule has 1 aliphatic heterocycles. The molecule has 0 radical (unpaired) electrons. The number of anilines is 1. The van der Waals surface area contributed by atoms with E-state index in [-0.39, 0.29) is 5.91 Å². The summed E-state index contributed by atoms with van der Waals surface area (Å²) in [6.07, 6.45) is 6.21. The van der Waals surface area contributed by atoms with Crippen LogP contribution in [-0.4, -0.2) is 58.1 Å². The summed E-state index contributed by atoms with van der Waals surface area (Å²) in [5.74, 6) is 0.841. The van der Waals surface area contributed by atoms with E-state index in [0.717, 1.165) is 76.8 Å². The van der Waals surface area contributed by atoms with Crippen molar-refractivity contribution in [3.8, 4) is 11.3 Å². The van der Waals surface area contributed by atoms with Crippen molar-refractivity contribution in [3.05, 3.63) is 95.7 Å². The smallest absolute Gasteiger partial charge is 0.274 e. The predicted molar refractivity (Wildman–Crippen MR) is 158 cm³/mol. The van der Waals surface area contributed by atoms with Gasteiger partial charge in [-0.15, -0.1) is 0 Å². The van der Waals surface area contributed by atoms with Gasteiger partial charge in [0.15, 0.2) is 0 Å². The van der Waals surface area contributed by atoms with Crippen molar-refractivity contribution in [2.75, 3.05) is 18.9 Å². The maximum atomic E-state index is 13.6. The number of pyridine rings is 2. The van der Waals surface area contributed by atoms with E-state index in [4.69, 9.17) is 5.10 Å². The molecule has 0 bridgehead atoms. The van der Waals surface area contributed by atoms with Gasteiger partial charge in [-0.1, -0.05) is 19.1 Å². The number of carbonyl (C=O) groups excluding carboxylic acids is 1. The first-order chi connectivity index (χ1) is 20.0. The molecule has 6 aromatic rings. The highest BCUT2D eigenvalue weighted by molar-refractivity contribution is 6.08. The number of benzene rings is 1. The molecule has 1 N–H and O–H groups in total. The average Bonchev–Trinajstić information content (AvgIpc) is 3.68. The van der Waals surface area contributed by atoms with Gasteiger partial charge in [-0.25, -0.2) is 9.97 Å². The van der Waals surface area contributed by atoms with Crippen LogP contribution in [0, 0.1) is 6.92 Å². The van der Waals surface area contributed by atoms with Crippen LogP contribution in [0.4, 0.5) is 5.69 Å². The molecule has 1 aromatic carbocycles. The summed E-state index contributed by atoms with van der Waals surface area (Å²) < 4.78 is 6.06. The van der Waals surface area contributed by atoms with Crippen LogP contribution in [0.25, 0.3) is 27.8 Å². The summed E-state index contributed by atoms with van der Waals surface area (Å²) in [6.45, 7) is 7.35. The van der Waals surface area contributed by atoms with Crippen LogP contribution in [-0.2, 0) is 26.1 Å². The number of fused-ring (bicyclic) bond motifs is 3. The number of nitrogens with one attached hydrogen (secondary N) is 1. The molecule has 41 heavy (non-hydrogen) atoms. The Morgan fingerprint density at radius 2 is 1.93 bits per heavy atom. The lowest BCUT2D eigenvalue weighted by molar-refractivity contribution is 0.102. The second-order valence-electron chi connectivity index (χ2n) is 10.6. The number of carbonyl (C=O) groups is 1. The van der Waals surface area contributed by atoms with Crippen molar-refractivity contribution in [3.63, 3.8) is 0 Å². The predicted octanol–water partition coefficient (Wildman–Crippen LogP) is 4.56. The first-order valence-electron chi connectivity index (χ1n) is 13.9. The molecule has 1 amide bonds.